The Bertz CT molecular complexity index is 449. The van der Waals surface area contributed by atoms with Crippen molar-refractivity contribution < 1.29 is 14.2 Å². The van der Waals surface area contributed by atoms with E-state index in [4.69, 9.17) is 14.2 Å². The summed E-state index contributed by atoms with van der Waals surface area (Å²) in [5, 5.41) is 3.59. The van der Waals surface area contributed by atoms with Crippen LogP contribution in [0.3, 0.4) is 0 Å². The molecule has 1 N–H and O–H groups in total. The van der Waals surface area contributed by atoms with Gasteiger partial charge >= 0.3 is 0 Å². The standard InChI is InChI=1S/C14H19NO3/c1-10-14(2,5-6-16-10)15-8-11-3-4-12-13(7-11)18-9-17-12/h3-4,7,10,15H,5-6,8-9H2,1-2H3. The lowest BCUT2D eigenvalue weighted by Crippen LogP contribution is -2.47. The largest absolute Gasteiger partial charge is 0.454 e. The fourth-order valence-corrected chi connectivity index (χ4v) is 2.42. The van der Waals surface area contributed by atoms with Crippen molar-refractivity contribution in [3.05, 3.63) is 23.8 Å². The van der Waals surface area contributed by atoms with Gasteiger partial charge in [0.1, 0.15) is 0 Å². The molecule has 0 bridgehead atoms. The van der Waals surface area contributed by atoms with Crippen LogP contribution in [0.15, 0.2) is 18.2 Å². The summed E-state index contributed by atoms with van der Waals surface area (Å²) in [6.07, 6.45) is 1.31. The third-order valence-electron chi connectivity index (χ3n) is 4.02. The number of benzene rings is 1. The van der Waals surface area contributed by atoms with E-state index in [1.807, 2.05) is 12.1 Å². The summed E-state index contributed by atoms with van der Waals surface area (Å²) in [7, 11) is 0. The van der Waals surface area contributed by atoms with Crippen LogP contribution in [0.4, 0.5) is 0 Å². The van der Waals surface area contributed by atoms with E-state index in [2.05, 4.69) is 25.2 Å². The average Bonchev–Trinajstić information content (AvgIpc) is 2.95. The first-order valence-electron chi connectivity index (χ1n) is 6.42. The maximum absolute atomic E-state index is 5.62. The number of rotatable bonds is 3. The van der Waals surface area contributed by atoms with Gasteiger partial charge < -0.3 is 19.5 Å². The second-order valence-electron chi connectivity index (χ2n) is 5.22. The van der Waals surface area contributed by atoms with E-state index >= 15 is 0 Å². The Morgan fingerprint density at radius 1 is 1.33 bits per heavy atom. The molecule has 2 heterocycles. The molecule has 0 radical (unpaired) electrons. The number of fused-ring (bicyclic) bond motifs is 1. The highest BCUT2D eigenvalue weighted by Gasteiger charge is 2.36. The van der Waals surface area contributed by atoms with Crippen LogP contribution in [0.5, 0.6) is 11.5 Å². The van der Waals surface area contributed by atoms with Gasteiger partial charge in [-0.1, -0.05) is 6.07 Å². The van der Waals surface area contributed by atoms with E-state index in [-0.39, 0.29) is 11.6 Å². The van der Waals surface area contributed by atoms with Gasteiger partial charge in [0.25, 0.3) is 0 Å². The van der Waals surface area contributed by atoms with Crippen LogP contribution in [0, 0.1) is 0 Å². The van der Waals surface area contributed by atoms with Crippen LogP contribution in [-0.2, 0) is 11.3 Å². The second kappa shape index (κ2) is 4.44. The van der Waals surface area contributed by atoms with Crippen LogP contribution in [0.2, 0.25) is 0 Å². The van der Waals surface area contributed by atoms with Crippen molar-refractivity contribution in [1.82, 2.24) is 5.32 Å². The monoisotopic (exact) mass is 249 g/mol. The summed E-state index contributed by atoms with van der Waals surface area (Å²) < 4.78 is 16.3. The minimum Gasteiger partial charge on any atom is -0.454 e. The minimum atomic E-state index is 0.0658. The zero-order valence-electron chi connectivity index (χ0n) is 10.9. The smallest absolute Gasteiger partial charge is 0.231 e. The van der Waals surface area contributed by atoms with Gasteiger partial charge in [-0.25, -0.2) is 0 Å². The molecule has 1 aromatic carbocycles. The fourth-order valence-electron chi connectivity index (χ4n) is 2.42. The van der Waals surface area contributed by atoms with Crippen molar-refractivity contribution in [1.29, 1.82) is 0 Å². The molecule has 2 aliphatic rings. The summed E-state index contributed by atoms with van der Waals surface area (Å²) in [5.41, 5.74) is 1.27. The highest BCUT2D eigenvalue weighted by molar-refractivity contribution is 5.44. The van der Waals surface area contributed by atoms with E-state index in [0.717, 1.165) is 31.1 Å². The van der Waals surface area contributed by atoms with Crippen LogP contribution < -0.4 is 14.8 Å². The third-order valence-corrected chi connectivity index (χ3v) is 4.02. The summed E-state index contributed by atoms with van der Waals surface area (Å²) >= 11 is 0. The first-order chi connectivity index (χ1) is 8.67. The molecule has 0 aromatic heterocycles. The van der Waals surface area contributed by atoms with Crippen LogP contribution in [0.25, 0.3) is 0 Å². The van der Waals surface area contributed by atoms with Gasteiger partial charge in [-0.15, -0.1) is 0 Å². The van der Waals surface area contributed by atoms with Crippen molar-refractivity contribution in [2.24, 2.45) is 0 Å². The maximum atomic E-state index is 5.62. The quantitative estimate of drug-likeness (QED) is 0.890. The molecule has 4 heteroatoms. The lowest BCUT2D eigenvalue weighted by Gasteiger charge is -2.29. The molecule has 0 amide bonds. The van der Waals surface area contributed by atoms with Crippen molar-refractivity contribution in [3.8, 4) is 11.5 Å². The van der Waals surface area contributed by atoms with Gasteiger partial charge in [0, 0.05) is 18.7 Å². The Labute approximate surface area is 107 Å². The first-order valence-corrected chi connectivity index (χ1v) is 6.42. The molecule has 0 aliphatic carbocycles. The fraction of sp³-hybridized carbons (Fsp3) is 0.571. The maximum Gasteiger partial charge on any atom is 0.231 e. The molecule has 1 saturated heterocycles. The summed E-state index contributed by atoms with van der Waals surface area (Å²) in [5.74, 6) is 1.68. The number of hydrogen-bond donors (Lipinski definition) is 1. The number of ether oxygens (including phenoxy) is 3. The SMILES string of the molecule is CC1OCCC1(C)NCc1ccc2c(c1)OCO2. The molecule has 4 nitrogen and oxygen atoms in total. The summed E-state index contributed by atoms with van der Waals surface area (Å²) in [4.78, 5) is 0. The van der Waals surface area contributed by atoms with E-state index in [1.165, 1.54) is 5.56 Å². The van der Waals surface area contributed by atoms with Gasteiger partial charge in [0.2, 0.25) is 6.79 Å². The normalized spacial score (nSPS) is 29.8. The number of nitrogens with one attached hydrogen (secondary N) is 1. The molecule has 2 unspecified atom stereocenters. The molecule has 1 fully saturated rings. The van der Waals surface area contributed by atoms with Gasteiger partial charge in [-0.05, 0) is 38.0 Å². The van der Waals surface area contributed by atoms with Crippen molar-refractivity contribution in [2.45, 2.75) is 38.5 Å². The predicted octanol–water partition coefficient (Wildman–Crippen LogP) is 2.07. The lowest BCUT2D eigenvalue weighted by molar-refractivity contribution is 0.0881. The Kier molecular flexibility index (Phi) is 2.92. The van der Waals surface area contributed by atoms with Gasteiger partial charge in [0.15, 0.2) is 11.5 Å². The van der Waals surface area contributed by atoms with Crippen molar-refractivity contribution in [2.75, 3.05) is 13.4 Å². The summed E-state index contributed by atoms with van der Waals surface area (Å²) in [6, 6.07) is 6.08. The highest BCUT2D eigenvalue weighted by Crippen LogP contribution is 2.33. The van der Waals surface area contributed by atoms with Crippen LogP contribution >= 0.6 is 0 Å². The molecule has 3 rings (SSSR count). The van der Waals surface area contributed by atoms with Gasteiger partial charge in [-0.2, -0.15) is 0 Å². The lowest BCUT2D eigenvalue weighted by atomic mass is 9.94. The highest BCUT2D eigenvalue weighted by atomic mass is 16.7. The zero-order chi connectivity index (χ0) is 12.6. The van der Waals surface area contributed by atoms with Crippen molar-refractivity contribution in [3.63, 3.8) is 0 Å². The molecule has 1 aromatic rings. The Morgan fingerprint density at radius 2 is 2.17 bits per heavy atom. The topological polar surface area (TPSA) is 39.7 Å². The van der Waals surface area contributed by atoms with Gasteiger partial charge in [0.05, 0.1) is 6.10 Å². The van der Waals surface area contributed by atoms with E-state index in [1.54, 1.807) is 0 Å². The second-order valence-corrected chi connectivity index (χ2v) is 5.22. The molecular weight excluding hydrogens is 230 g/mol. The molecule has 0 saturated carbocycles. The van der Waals surface area contributed by atoms with Gasteiger partial charge in [-0.3, -0.25) is 0 Å². The summed E-state index contributed by atoms with van der Waals surface area (Å²) in [6.45, 7) is 6.33. The third kappa shape index (κ3) is 2.06. The van der Waals surface area contributed by atoms with E-state index in [9.17, 15) is 0 Å². The Balaban J connectivity index is 1.66. The molecule has 18 heavy (non-hydrogen) atoms. The van der Waals surface area contributed by atoms with E-state index in [0.29, 0.717) is 6.79 Å². The average molecular weight is 249 g/mol. The molecule has 2 aliphatic heterocycles. The molecular formula is C14H19NO3. The van der Waals surface area contributed by atoms with E-state index < -0.39 is 0 Å². The Hall–Kier alpha value is -1.26. The zero-order valence-corrected chi connectivity index (χ0v) is 10.9. The minimum absolute atomic E-state index is 0.0658. The number of hydrogen-bond acceptors (Lipinski definition) is 4. The van der Waals surface area contributed by atoms with Crippen LogP contribution in [0.1, 0.15) is 25.8 Å². The molecule has 2 atom stereocenters. The molecule has 98 valence electrons. The molecule has 0 spiro atoms. The Morgan fingerprint density at radius 3 is 2.94 bits per heavy atom. The van der Waals surface area contributed by atoms with Crippen molar-refractivity contribution >= 4 is 0 Å². The van der Waals surface area contributed by atoms with Crippen LogP contribution in [-0.4, -0.2) is 25.0 Å². The first kappa shape index (κ1) is 11.8. The predicted molar refractivity (Wildman–Crippen MR) is 67.8 cm³/mol.